The molecule has 2 N–H and O–H groups in total. The number of hydrogen-bond donors (Lipinski definition) is 2. The zero-order valence-corrected chi connectivity index (χ0v) is 16.5. The second kappa shape index (κ2) is 11.5. The van der Waals surface area contributed by atoms with Crippen LogP contribution in [0.5, 0.6) is 0 Å². The van der Waals surface area contributed by atoms with E-state index in [-0.39, 0.29) is 24.0 Å². The molecule has 0 spiro atoms. The molecule has 1 aliphatic carbocycles. The first kappa shape index (κ1) is 20.0. The average molecular weight is 424 g/mol. The van der Waals surface area contributed by atoms with Crippen LogP contribution in [-0.4, -0.2) is 63.8 Å². The summed E-state index contributed by atoms with van der Waals surface area (Å²) in [7, 11) is 3.65. The smallest absolute Gasteiger partial charge is 0.191 e. The van der Waals surface area contributed by atoms with Crippen molar-refractivity contribution in [1.29, 1.82) is 0 Å². The molecule has 2 rings (SSSR count). The monoisotopic (exact) mass is 424 g/mol. The van der Waals surface area contributed by atoms with Crippen molar-refractivity contribution in [2.75, 3.05) is 46.9 Å². The van der Waals surface area contributed by atoms with Gasteiger partial charge in [-0.3, -0.25) is 4.99 Å². The van der Waals surface area contributed by atoms with Gasteiger partial charge in [-0.15, -0.1) is 24.0 Å². The van der Waals surface area contributed by atoms with Gasteiger partial charge >= 0.3 is 0 Å². The van der Waals surface area contributed by atoms with Crippen molar-refractivity contribution in [3.05, 3.63) is 0 Å². The number of hydrogen-bond acceptors (Lipinski definition) is 3. The van der Waals surface area contributed by atoms with E-state index in [9.17, 15) is 0 Å². The van der Waals surface area contributed by atoms with Crippen LogP contribution < -0.4 is 10.6 Å². The Kier molecular flexibility index (Phi) is 10.4. The van der Waals surface area contributed by atoms with Crippen molar-refractivity contribution in [1.82, 2.24) is 15.5 Å². The van der Waals surface area contributed by atoms with E-state index in [1.807, 2.05) is 7.05 Å². The van der Waals surface area contributed by atoms with Gasteiger partial charge in [-0.1, -0.05) is 12.8 Å². The molecule has 1 saturated carbocycles. The van der Waals surface area contributed by atoms with E-state index in [1.165, 1.54) is 51.6 Å². The van der Waals surface area contributed by atoms with Crippen LogP contribution >= 0.6 is 24.0 Å². The molecule has 130 valence electrons. The quantitative estimate of drug-likeness (QED) is 0.390. The Bertz CT molecular complexity index is 313. The number of aliphatic imine (C=N–C) groups is 1. The highest BCUT2D eigenvalue weighted by Crippen LogP contribution is 2.18. The molecule has 2 aliphatic rings. The number of piperidine rings is 1. The van der Waals surface area contributed by atoms with Crippen LogP contribution in [0.2, 0.25) is 0 Å². The molecule has 0 aromatic carbocycles. The van der Waals surface area contributed by atoms with Gasteiger partial charge in [0.25, 0.3) is 0 Å². The van der Waals surface area contributed by atoms with Gasteiger partial charge in [-0.05, 0) is 44.7 Å². The number of guanidine groups is 1. The molecule has 1 aliphatic heterocycles. The Morgan fingerprint density at radius 1 is 1.18 bits per heavy atom. The third-order valence-electron chi connectivity index (χ3n) is 4.80. The number of halogens is 1. The molecular weight excluding hydrogens is 391 g/mol. The molecule has 0 amide bonds. The Morgan fingerprint density at radius 3 is 2.45 bits per heavy atom. The fourth-order valence-electron chi connectivity index (χ4n) is 3.33. The van der Waals surface area contributed by atoms with Crippen molar-refractivity contribution < 1.29 is 4.74 Å². The second-order valence-electron chi connectivity index (χ2n) is 6.36. The van der Waals surface area contributed by atoms with Crippen LogP contribution in [-0.2, 0) is 4.74 Å². The predicted molar refractivity (Wildman–Crippen MR) is 103 cm³/mol. The van der Waals surface area contributed by atoms with Crippen molar-refractivity contribution >= 4 is 29.9 Å². The summed E-state index contributed by atoms with van der Waals surface area (Å²) in [4.78, 5) is 6.86. The summed E-state index contributed by atoms with van der Waals surface area (Å²) in [5.74, 6) is 1.76. The lowest BCUT2D eigenvalue weighted by atomic mass is 9.97. The molecule has 0 aromatic rings. The summed E-state index contributed by atoms with van der Waals surface area (Å²) in [6.07, 6.45) is 7.84. The van der Waals surface area contributed by atoms with Crippen molar-refractivity contribution in [3.8, 4) is 0 Å². The summed E-state index contributed by atoms with van der Waals surface area (Å²) in [5, 5.41) is 7.07. The fraction of sp³-hybridized carbons (Fsp3) is 0.938. The average Bonchev–Trinajstić information content (AvgIpc) is 3.03. The fourth-order valence-corrected chi connectivity index (χ4v) is 3.33. The third kappa shape index (κ3) is 7.00. The minimum atomic E-state index is 0. The van der Waals surface area contributed by atoms with E-state index in [1.54, 1.807) is 7.11 Å². The molecule has 22 heavy (non-hydrogen) atoms. The largest absolute Gasteiger partial charge is 0.383 e. The Hall–Kier alpha value is -0.0800. The van der Waals surface area contributed by atoms with Gasteiger partial charge in [0.2, 0.25) is 0 Å². The van der Waals surface area contributed by atoms with Gasteiger partial charge in [0.1, 0.15) is 0 Å². The van der Waals surface area contributed by atoms with Gasteiger partial charge < -0.3 is 20.3 Å². The van der Waals surface area contributed by atoms with E-state index in [4.69, 9.17) is 4.74 Å². The van der Waals surface area contributed by atoms with E-state index in [0.717, 1.165) is 31.6 Å². The second-order valence-corrected chi connectivity index (χ2v) is 6.36. The highest BCUT2D eigenvalue weighted by atomic mass is 127. The van der Waals surface area contributed by atoms with Gasteiger partial charge in [0, 0.05) is 33.3 Å². The van der Waals surface area contributed by atoms with Crippen molar-refractivity contribution in [3.63, 3.8) is 0 Å². The molecule has 6 heteroatoms. The highest BCUT2D eigenvalue weighted by Gasteiger charge is 2.20. The molecule has 0 unspecified atom stereocenters. The van der Waals surface area contributed by atoms with Gasteiger partial charge in [0.15, 0.2) is 5.96 Å². The molecule has 0 aromatic heterocycles. The zero-order chi connectivity index (χ0) is 14.9. The van der Waals surface area contributed by atoms with E-state index in [2.05, 4.69) is 20.5 Å². The zero-order valence-electron chi connectivity index (χ0n) is 14.1. The molecule has 2 fully saturated rings. The minimum Gasteiger partial charge on any atom is -0.383 e. The van der Waals surface area contributed by atoms with Gasteiger partial charge in [-0.2, -0.15) is 0 Å². The maximum absolute atomic E-state index is 5.15. The molecular formula is C16H33IN4O. The lowest BCUT2D eigenvalue weighted by molar-refractivity contribution is 0.121. The number of likely N-dealkylation sites (tertiary alicyclic amines) is 1. The lowest BCUT2D eigenvalue weighted by Gasteiger charge is -2.32. The van der Waals surface area contributed by atoms with Crippen LogP contribution in [0.1, 0.15) is 38.5 Å². The van der Waals surface area contributed by atoms with Crippen LogP contribution in [0.15, 0.2) is 4.99 Å². The molecule has 5 nitrogen and oxygen atoms in total. The summed E-state index contributed by atoms with van der Waals surface area (Å²) in [6, 6.07) is 0.632. The van der Waals surface area contributed by atoms with E-state index < -0.39 is 0 Å². The topological polar surface area (TPSA) is 48.9 Å². The maximum atomic E-state index is 5.15. The maximum Gasteiger partial charge on any atom is 0.191 e. The summed E-state index contributed by atoms with van der Waals surface area (Å²) in [6.45, 7) is 5.36. The first-order valence-electron chi connectivity index (χ1n) is 8.50. The van der Waals surface area contributed by atoms with Crippen LogP contribution in [0.3, 0.4) is 0 Å². The highest BCUT2D eigenvalue weighted by molar-refractivity contribution is 14.0. The van der Waals surface area contributed by atoms with E-state index >= 15 is 0 Å². The SMILES string of the molecule is CN=C(NCC1CCN(CCOC)CC1)NC1CCCC1.I. The van der Waals surface area contributed by atoms with Crippen LogP contribution in [0.4, 0.5) is 0 Å². The lowest BCUT2D eigenvalue weighted by Crippen LogP contribution is -2.45. The Labute approximate surface area is 152 Å². The van der Waals surface area contributed by atoms with Gasteiger partial charge in [-0.25, -0.2) is 0 Å². The first-order chi connectivity index (χ1) is 10.3. The van der Waals surface area contributed by atoms with Gasteiger partial charge in [0.05, 0.1) is 6.61 Å². The summed E-state index contributed by atoms with van der Waals surface area (Å²) < 4.78 is 5.15. The number of nitrogens with one attached hydrogen (secondary N) is 2. The number of methoxy groups -OCH3 is 1. The molecule has 0 atom stereocenters. The summed E-state index contributed by atoms with van der Waals surface area (Å²) >= 11 is 0. The molecule has 1 saturated heterocycles. The number of ether oxygens (including phenoxy) is 1. The minimum absolute atomic E-state index is 0. The predicted octanol–water partition coefficient (Wildman–Crippen LogP) is 2.07. The van der Waals surface area contributed by atoms with Crippen LogP contribution in [0.25, 0.3) is 0 Å². The molecule has 1 heterocycles. The Balaban J connectivity index is 0.00000242. The van der Waals surface area contributed by atoms with Crippen LogP contribution in [0, 0.1) is 5.92 Å². The molecule has 0 radical (unpaired) electrons. The standard InChI is InChI=1S/C16H32N4O.HI/c1-17-16(19-15-5-3-4-6-15)18-13-14-7-9-20(10-8-14)11-12-21-2;/h14-15H,3-13H2,1-2H3,(H2,17,18,19);1H. The first-order valence-corrected chi connectivity index (χ1v) is 8.50. The van der Waals surface area contributed by atoms with Crippen molar-refractivity contribution in [2.24, 2.45) is 10.9 Å². The summed E-state index contributed by atoms with van der Waals surface area (Å²) in [5.41, 5.74) is 0. The van der Waals surface area contributed by atoms with Crippen molar-refractivity contribution in [2.45, 2.75) is 44.6 Å². The molecule has 0 bridgehead atoms. The number of rotatable bonds is 6. The normalized spacial score (nSPS) is 21.6. The van der Waals surface area contributed by atoms with E-state index in [0.29, 0.717) is 6.04 Å². The number of nitrogens with zero attached hydrogens (tertiary/aromatic N) is 2. The Morgan fingerprint density at radius 2 is 1.86 bits per heavy atom. The third-order valence-corrected chi connectivity index (χ3v) is 4.80.